The Labute approximate surface area is 166 Å². The second kappa shape index (κ2) is 9.06. The minimum absolute atomic E-state index is 0.255. The summed E-state index contributed by atoms with van der Waals surface area (Å²) in [6.45, 7) is 7.69. The molecule has 0 aliphatic heterocycles. The lowest BCUT2D eigenvalue weighted by molar-refractivity contribution is -0.128. The smallest absolute Gasteiger partial charge is 0.408 e. The summed E-state index contributed by atoms with van der Waals surface area (Å²) < 4.78 is 0. The van der Waals surface area contributed by atoms with Crippen LogP contribution in [-0.2, 0) is 4.79 Å². The van der Waals surface area contributed by atoms with E-state index < -0.39 is 17.7 Å². The molecule has 0 aliphatic rings. The van der Waals surface area contributed by atoms with Gasteiger partial charge in [-0.25, -0.2) is 4.79 Å². The van der Waals surface area contributed by atoms with E-state index in [1.54, 1.807) is 20.8 Å². The molecule has 4 N–H and O–H groups in total. The van der Waals surface area contributed by atoms with Crippen molar-refractivity contribution in [3.05, 3.63) is 48.0 Å². The minimum atomic E-state index is -1.11. The molecular weight excluding hydrogens is 354 g/mol. The predicted molar refractivity (Wildman–Crippen MR) is 112 cm³/mol. The van der Waals surface area contributed by atoms with Gasteiger partial charge < -0.3 is 16.2 Å². The predicted octanol–water partition coefficient (Wildman–Crippen LogP) is 3.90. The maximum Gasteiger partial charge on any atom is 0.408 e. The van der Waals surface area contributed by atoms with Crippen molar-refractivity contribution < 1.29 is 14.7 Å². The minimum Gasteiger partial charge on any atom is -0.465 e. The molecule has 0 spiro atoms. The van der Waals surface area contributed by atoms with Gasteiger partial charge in [0, 0.05) is 5.54 Å². The molecule has 0 radical (unpaired) electrons. The molecule has 2 aromatic carbocycles. The van der Waals surface area contributed by atoms with Crippen LogP contribution in [0.5, 0.6) is 0 Å². The Morgan fingerprint density at radius 2 is 1.79 bits per heavy atom. The van der Waals surface area contributed by atoms with E-state index in [4.69, 9.17) is 5.73 Å². The van der Waals surface area contributed by atoms with Gasteiger partial charge in [0.2, 0.25) is 5.91 Å². The molecule has 0 aliphatic carbocycles. The second-order valence-electron chi connectivity index (χ2n) is 8.07. The van der Waals surface area contributed by atoms with E-state index in [0.29, 0.717) is 19.4 Å². The third-order valence-electron chi connectivity index (χ3n) is 4.87. The highest BCUT2D eigenvalue weighted by molar-refractivity contribution is 5.88. The van der Waals surface area contributed by atoms with Crippen molar-refractivity contribution in [1.29, 1.82) is 0 Å². The van der Waals surface area contributed by atoms with Gasteiger partial charge in [0.25, 0.3) is 0 Å². The fraction of sp³-hybridized carbons (Fsp3) is 0.455. The first-order chi connectivity index (χ1) is 13.2. The van der Waals surface area contributed by atoms with Gasteiger partial charge in [0.15, 0.2) is 0 Å². The Kier molecular flexibility index (Phi) is 7.02. The van der Waals surface area contributed by atoms with E-state index in [2.05, 4.69) is 5.32 Å². The molecule has 2 atom stereocenters. The number of carbonyl (C=O) groups excluding carboxylic acids is 1. The third-order valence-corrected chi connectivity index (χ3v) is 4.87. The lowest BCUT2D eigenvalue weighted by Crippen LogP contribution is -2.57. The Balaban J connectivity index is 2.30. The maximum absolute atomic E-state index is 13.1. The highest BCUT2D eigenvalue weighted by Gasteiger charge is 2.37. The van der Waals surface area contributed by atoms with Gasteiger partial charge in [-0.2, -0.15) is 0 Å². The third kappa shape index (κ3) is 5.01. The molecule has 28 heavy (non-hydrogen) atoms. The number of benzene rings is 2. The van der Waals surface area contributed by atoms with E-state index in [-0.39, 0.29) is 11.9 Å². The number of carboxylic acid groups (broad SMARTS) is 1. The van der Waals surface area contributed by atoms with E-state index >= 15 is 0 Å². The topological polar surface area (TPSA) is 95.7 Å². The molecule has 6 heteroatoms. The van der Waals surface area contributed by atoms with Crippen LogP contribution >= 0.6 is 0 Å². The van der Waals surface area contributed by atoms with Crippen LogP contribution in [0.25, 0.3) is 10.8 Å². The number of nitrogens with two attached hydrogens (primary N) is 1. The summed E-state index contributed by atoms with van der Waals surface area (Å²) in [6, 6.07) is 12.9. The number of amides is 2. The lowest BCUT2D eigenvalue weighted by Gasteiger charge is -2.39. The number of nitrogens with one attached hydrogen (secondary N) is 1. The average Bonchev–Trinajstić information content (AvgIpc) is 2.62. The van der Waals surface area contributed by atoms with E-state index in [1.165, 1.54) is 4.90 Å². The molecule has 0 fully saturated rings. The summed E-state index contributed by atoms with van der Waals surface area (Å²) in [5, 5.41) is 14.9. The molecule has 2 amide bonds. The number of hydrogen-bond acceptors (Lipinski definition) is 3. The molecule has 2 rings (SSSR count). The summed E-state index contributed by atoms with van der Waals surface area (Å²) in [5.74, 6) is -0.300. The lowest BCUT2D eigenvalue weighted by atomic mass is 9.97. The van der Waals surface area contributed by atoms with Gasteiger partial charge in [-0.1, -0.05) is 42.5 Å². The molecule has 0 heterocycles. The zero-order chi connectivity index (χ0) is 20.9. The molecule has 0 saturated heterocycles. The molecule has 152 valence electrons. The fourth-order valence-electron chi connectivity index (χ4n) is 3.59. The second-order valence-corrected chi connectivity index (χ2v) is 8.07. The summed E-state index contributed by atoms with van der Waals surface area (Å²) in [5.41, 5.74) is 5.92. The fourth-order valence-corrected chi connectivity index (χ4v) is 3.59. The standard InChI is InChI=1S/C22H31N3O3/c1-15(17-12-7-10-16-9-5-6-11-18(16)17)24-20(26)19(13-8-14-23)25(21(27)28)22(2,3)4/h5-7,9-12,15,19H,8,13-14,23H2,1-4H3,(H,24,26)(H,27,28)/t15-,19-/m0/s1. The van der Waals surface area contributed by atoms with E-state index in [0.717, 1.165) is 16.3 Å². The Morgan fingerprint density at radius 1 is 1.14 bits per heavy atom. The van der Waals surface area contributed by atoms with Crippen molar-refractivity contribution in [3.8, 4) is 0 Å². The quantitative estimate of drug-likeness (QED) is 0.673. The molecule has 0 aromatic heterocycles. The molecule has 0 bridgehead atoms. The summed E-state index contributed by atoms with van der Waals surface area (Å²) in [7, 11) is 0. The molecule has 2 aromatic rings. The van der Waals surface area contributed by atoms with Gasteiger partial charge in [-0.3, -0.25) is 9.69 Å². The van der Waals surface area contributed by atoms with E-state index in [1.807, 2.05) is 49.4 Å². The zero-order valence-electron chi connectivity index (χ0n) is 17.1. The largest absolute Gasteiger partial charge is 0.465 e. The number of rotatable bonds is 7. The van der Waals surface area contributed by atoms with Crippen LogP contribution in [0, 0.1) is 0 Å². The number of hydrogen-bond donors (Lipinski definition) is 3. The van der Waals surface area contributed by atoms with Crippen molar-refractivity contribution in [3.63, 3.8) is 0 Å². The molecule has 0 saturated carbocycles. The normalized spacial score (nSPS) is 13.8. The summed E-state index contributed by atoms with van der Waals surface area (Å²) >= 11 is 0. The maximum atomic E-state index is 13.1. The van der Waals surface area contributed by atoms with E-state index in [9.17, 15) is 14.7 Å². The molecular formula is C22H31N3O3. The zero-order valence-corrected chi connectivity index (χ0v) is 17.1. The van der Waals surface area contributed by atoms with Crippen molar-refractivity contribution in [2.24, 2.45) is 5.73 Å². The van der Waals surface area contributed by atoms with Crippen LogP contribution in [-0.4, -0.2) is 40.1 Å². The van der Waals surface area contributed by atoms with Gasteiger partial charge in [0.1, 0.15) is 6.04 Å². The Hall–Kier alpha value is -2.60. The van der Waals surface area contributed by atoms with Crippen LogP contribution in [0.4, 0.5) is 4.79 Å². The highest BCUT2D eigenvalue weighted by atomic mass is 16.4. The number of carbonyl (C=O) groups is 2. The van der Waals surface area contributed by atoms with Crippen LogP contribution in [0.2, 0.25) is 0 Å². The van der Waals surface area contributed by atoms with Crippen molar-refractivity contribution >= 4 is 22.8 Å². The first kappa shape index (κ1) is 21.7. The summed E-state index contributed by atoms with van der Waals surface area (Å²) in [4.78, 5) is 26.2. The van der Waals surface area contributed by atoms with Crippen molar-refractivity contribution in [2.75, 3.05) is 6.54 Å². The van der Waals surface area contributed by atoms with Crippen LogP contribution in [0.15, 0.2) is 42.5 Å². The summed E-state index contributed by atoms with van der Waals surface area (Å²) in [6.07, 6.45) is -0.156. The van der Waals surface area contributed by atoms with Gasteiger partial charge in [-0.05, 0) is 63.4 Å². The van der Waals surface area contributed by atoms with Crippen molar-refractivity contribution in [2.45, 2.75) is 58.2 Å². The molecule has 0 unspecified atom stereocenters. The van der Waals surface area contributed by atoms with Crippen LogP contribution in [0.3, 0.4) is 0 Å². The molecule has 6 nitrogen and oxygen atoms in total. The number of nitrogens with zero attached hydrogens (tertiary/aromatic N) is 1. The van der Waals surface area contributed by atoms with Gasteiger partial charge in [-0.15, -0.1) is 0 Å². The van der Waals surface area contributed by atoms with Crippen LogP contribution < -0.4 is 11.1 Å². The Bertz CT molecular complexity index is 824. The van der Waals surface area contributed by atoms with Gasteiger partial charge in [0.05, 0.1) is 6.04 Å². The monoisotopic (exact) mass is 385 g/mol. The SMILES string of the molecule is C[C@H](NC(=O)[C@H](CCCN)N(C(=O)O)C(C)(C)C)c1cccc2ccccc12. The van der Waals surface area contributed by atoms with Crippen molar-refractivity contribution in [1.82, 2.24) is 10.2 Å². The average molecular weight is 386 g/mol. The highest BCUT2D eigenvalue weighted by Crippen LogP contribution is 2.25. The first-order valence-corrected chi connectivity index (χ1v) is 9.67. The number of fused-ring (bicyclic) bond motifs is 1. The van der Waals surface area contributed by atoms with Gasteiger partial charge >= 0.3 is 6.09 Å². The van der Waals surface area contributed by atoms with Crippen LogP contribution in [0.1, 0.15) is 52.1 Å². The first-order valence-electron chi connectivity index (χ1n) is 9.67. The Morgan fingerprint density at radius 3 is 2.39 bits per heavy atom.